The number of aryl methyl sites for hydroxylation is 1. The molecule has 2 rings (SSSR count). The predicted octanol–water partition coefficient (Wildman–Crippen LogP) is 3.75. The van der Waals surface area contributed by atoms with Crippen LogP contribution in [0.3, 0.4) is 0 Å². The molecule has 1 atom stereocenters. The van der Waals surface area contributed by atoms with Gasteiger partial charge in [0.05, 0.1) is 11.9 Å². The molecule has 0 radical (unpaired) electrons. The smallest absolute Gasteiger partial charge is 0.244 e. The Morgan fingerprint density at radius 1 is 1.09 bits per heavy atom. The van der Waals surface area contributed by atoms with Crippen molar-refractivity contribution in [3.05, 3.63) is 64.7 Å². The van der Waals surface area contributed by atoms with E-state index in [2.05, 4.69) is 5.32 Å². The minimum atomic E-state index is -3.78. The molecule has 0 fully saturated rings. The summed E-state index contributed by atoms with van der Waals surface area (Å²) in [6, 6.07) is 13.4. The quantitative estimate of drug-likeness (QED) is 0.516. The Labute approximate surface area is 201 Å². The minimum Gasteiger partial charge on any atom is -0.354 e. The fourth-order valence-electron chi connectivity index (χ4n) is 3.56. The van der Waals surface area contributed by atoms with Gasteiger partial charge in [-0.05, 0) is 49.1 Å². The number of amides is 2. The molecule has 0 saturated carbocycles. The summed E-state index contributed by atoms with van der Waals surface area (Å²) in [6.45, 7) is 5.78. The molecule has 0 aliphatic heterocycles. The molecule has 0 aromatic heterocycles. The molecule has 0 saturated heterocycles. The number of halogens is 1. The van der Waals surface area contributed by atoms with Crippen molar-refractivity contribution in [3.63, 3.8) is 0 Å². The molecule has 0 aliphatic rings. The summed E-state index contributed by atoms with van der Waals surface area (Å²) in [5.74, 6) is -0.714. The molecule has 0 unspecified atom stereocenters. The van der Waals surface area contributed by atoms with Crippen LogP contribution in [0.5, 0.6) is 0 Å². The van der Waals surface area contributed by atoms with Crippen molar-refractivity contribution < 1.29 is 18.0 Å². The van der Waals surface area contributed by atoms with Gasteiger partial charge in [-0.2, -0.15) is 0 Å². The van der Waals surface area contributed by atoms with Gasteiger partial charge in [-0.1, -0.05) is 55.8 Å². The molecule has 2 amide bonds. The van der Waals surface area contributed by atoms with Gasteiger partial charge in [0, 0.05) is 18.1 Å². The van der Waals surface area contributed by atoms with Crippen molar-refractivity contribution in [2.45, 2.75) is 46.2 Å². The van der Waals surface area contributed by atoms with Crippen LogP contribution in [0.1, 0.15) is 37.8 Å². The molecule has 2 aromatic carbocycles. The molecule has 0 heterocycles. The zero-order valence-corrected chi connectivity index (χ0v) is 21.1. The van der Waals surface area contributed by atoms with Gasteiger partial charge in [0.2, 0.25) is 21.8 Å². The predicted molar refractivity (Wildman–Crippen MR) is 133 cm³/mol. The fraction of sp³-hybridized carbons (Fsp3) is 0.417. The van der Waals surface area contributed by atoms with Crippen LogP contribution in [0.15, 0.2) is 48.5 Å². The monoisotopic (exact) mass is 493 g/mol. The van der Waals surface area contributed by atoms with Crippen LogP contribution in [-0.4, -0.2) is 50.5 Å². The highest BCUT2D eigenvalue weighted by molar-refractivity contribution is 7.92. The Hall–Kier alpha value is -2.58. The Bertz CT molecular complexity index is 1060. The zero-order chi connectivity index (χ0) is 24.6. The van der Waals surface area contributed by atoms with Gasteiger partial charge in [0.1, 0.15) is 12.6 Å². The van der Waals surface area contributed by atoms with E-state index in [0.29, 0.717) is 29.2 Å². The second-order valence-electron chi connectivity index (χ2n) is 7.92. The fourth-order valence-corrected chi connectivity index (χ4v) is 4.69. The van der Waals surface area contributed by atoms with Crippen LogP contribution in [0.4, 0.5) is 5.69 Å². The minimum absolute atomic E-state index is 0.189. The molecule has 9 heteroatoms. The highest BCUT2D eigenvalue weighted by atomic mass is 35.5. The van der Waals surface area contributed by atoms with Crippen molar-refractivity contribution >= 4 is 39.1 Å². The standard InChI is InChI=1S/C24H32ClN3O4S/c1-5-14-26-24(30)21(6-2)27(16-19-10-8-7-9-11-19)23(29)17-28(33(4,31)32)22-13-12-20(25)15-18(22)3/h7-13,15,21H,5-6,14,16-17H2,1-4H3,(H,26,30)/t21-/m1/s1. The molecule has 0 spiro atoms. The van der Waals surface area contributed by atoms with Crippen LogP contribution < -0.4 is 9.62 Å². The summed E-state index contributed by atoms with van der Waals surface area (Å²) >= 11 is 6.03. The van der Waals surface area contributed by atoms with Crippen LogP contribution in [0.2, 0.25) is 5.02 Å². The summed E-state index contributed by atoms with van der Waals surface area (Å²) < 4.78 is 26.4. The summed E-state index contributed by atoms with van der Waals surface area (Å²) in [6.07, 6.45) is 2.22. The summed E-state index contributed by atoms with van der Waals surface area (Å²) in [5.41, 5.74) is 1.85. The Balaban J connectivity index is 2.43. The van der Waals surface area contributed by atoms with E-state index >= 15 is 0 Å². The van der Waals surface area contributed by atoms with Crippen LogP contribution in [0.25, 0.3) is 0 Å². The van der Waals surface area contributed by atoms with Crippen molar-refractivity contribution in [2.24, 2.45) is 0 Å². The summed E-state index contributed by atoms with van der Waals surface area (Å²) in [4.78, 5) is 27.9. The number of carbonyl (C=O) groups excluding carboxylic acids is 2. The van der Waals surface area contributed by atoms with Crippen LogP contribution in [0, 0.1) is 6.92 Å². The van der Waals surface area contributed by atoms with Gasteiger partial charge in [-0.3, -0.25) is 13.9 Å². The van der Waals surface area contributed by atoms with E-state index in [1.807, 2.05) is 44.2 Å². The van der Waals surface area contributed by atoms with Gasteiger partial charge in [-0.25, -0.2) is 8.42 Å². The van der Waals surface area contributed by atoms with E-state index in [1.54, 1.807) is 25.1 Å². The maximum atomic E-state index is 13.5. The van der Waals surface area contributed by atoms with E-state index < -0.39 is 28.5 Å². The van der Waals surface area contributed by atoms with Crippen molar-refractivity contribution in [2.75, 3.05) is 23.7 Å². The molecular weight excluding hydrogens is 462 g/mol. The number of sulfonamides is 1. The average molecular weight is 494 g/mol. The lowest BCUT2D eigenvalue weighted by atomic mass is 10.1. The number of nitrogens with zero attached hydrogens (tertiary/aromatic N) is 2. The third kappa shape index (κ3) is 7.47. The molecule has 0 bridgehead atoms. The third-order valence-electron chi connectivity index (χ3n) is 5.24. The second-order valence-corrected chi connectivity index (χ2v) is 10.3. The van der Waals surface area contributed by atoms with Crippen LogP contribution >= 0.6 is 11.6 Å². The number of anilines is 1. The Kier molecular flexibility index (Phi) is 9.73. The Morgan fingerprint density at radius 2 is 1.76 bits per heavy atom. The first-order valence-corrected chi connectivity index (χ1v) is 13.2. The highest BCUT2D eigenvalue weighted by Gasteiger charge is 2.31. The van der Waals surface area contributed by atoms with E-state index in [-0.39, 0.29) is 12.5 Å². The largest absolute Gasteiger partial charge is 0.354 e. The topological polar surface area (TPSA) is 86.8 Å². The molecule has 180 valence electrons. The first kappa shape index (κ1) is 26.7. The average Bonchev–Trinajstić information content (AvgIpc) is 2.76. The molecule has 1 N–H and O–H groups in total. The van der Waals surface area contributed by atoms with Gasteiger partial charge < -0.3 is 10.2 Å². The first-order valence-electron chi connectivity index (χ1n) is 10.9. The van der Waals surface area contributed by atoms with E-state index in [4.69, 9.17) is 11.6 Å². The van der Waals surface area contributed by atoms with E-state index in [9.17, 15) is 18.0 Å². The summed E-state index contributed by atoms with van der Waals surface area (Å²) in [7, 11) is -3.78. The van der Waals surface area contributed by atoms with Crippen molar-refractivity contribution in [1.29, 1.82) is 0 Å². The number of benzene rings is 2. The summed E-state index contributed by atoms with van der Waals surface area (Å²) in [5, 5.41) is 3.33. The third-order valence-corrected chi connectivity index (χ3v) is 6.60. The first-order chi connectivity index (χ1) is 15.6. The van der Waals surface area contributed by atoms with Crippen LogP contribution in [-0.2, 0) is 26.2 Å². The maximum absolute atomic E-state index is 13.5. The normalized spacial score (nSPS) is 12.2. The number of rotatable bonds is 11. The highest BCUT2D eigenvalue weighted by Crippen LogP contribution is 2.26. The lowest BCUT2D eigenvalue weighted by Gasteiger charge is -2.33. The Morgan fingerprint density at radius 3 is 2.30 bits per heavy atom. The molecular formula is C24H32ClN3O4S. The van der Waals surface area contributed by atoms with Gasteiger partial charge in [-0.15, -0.1) is 0 Å². The van der Waals surface area contributed by atoms with E-state index in [1.165, 1.54) is 4.90 Å². The number of hydrogen-bond acceptors (Lipinski definition) is 4. The zero-order valence-electron chi connectivity index (χ0n) is 19.5. The number of nitrogens with one attached hydrogen (secondary N) is 1. The molecule has 0 aliphatic carbocycles. The number of hydrogen-bond donors (Lipinski definition) is 1. The molecule has 33 heavy (non-hydrogen) atoms. The lowest BCUT2D eigenvalue weighted by molar-refractivity contribution is -0.140. The SMILES string of the molecule is CCCNC(=O)[C@@H](CC)N(Cc1ccccc1)C(=O)CN(c1ccc(Cl)cc1C)S(C)(=O)=O. The van der Waals surface area contributed by atoms with Gasteiger partial charge in [0.15, 0.2) is 0 Å². The molecule has 2 aromatic rings. The maximum Gasteiger partial charge on any atom is 0.244 e. The second kappa shape index (κ2) is 12.0. The number of carbonyl (C=O) groups is 2. The van der Waals surface area contributed by atoms with Gasteiger partial charge in [0.25, 0.3) is 0 Å². The molecule has 7 nitrogen and oxygen atoms in total. The van der Waals surface area contributed by atoms with Gasteiger partial charge >= 0.3 is 0 Å². The van der Waals surface area contributed by atoms with Crippen molar-refractivity contribution in [1.82, 2.24) is 10.2 Å². The van der Waals surface area contributed by atoms with E-state index in [0.717, 1.165) is 22.5 Å². The van der Waals surface area contributed by atoms with Crippen molar-refractivity contribution in [3.8, 4) is 0 Å². The lowest BCUT2D eigenvalue weighted by Crippen LogP contribution is -2.52.